The van der Waals surface area contributed by atoms with Crippen LogP contribution in [0, 0.1) is 18.6 Å². The van der Waals surface area contributed by atoms with Crippen molar-refractivity contribution < 1.29 is 18.4 Å². The Kier molecular flexibility index (Phi) is 3.27. The summed E-state index contributed by atoms with van der Waals surface area (Å²) in [5.74, 6) is -2.44. The lowest BCUT2D eigenvalue weighted by atomic mass is 10.1. The summed E-state index contributed by atoms with van der Waals surface area (Å²) in [5, 5.41) is 4.62. The number of aryl methyl sites for hydroxylation is 1. The molecular formula is C12H12F2N2O2. The summed E-state index contributed by atoms with van der Waals surface area (Å²) in [6.07, 6.45) is 0.371. The number of hydrogen-bond acceptors (Lipinski definition) is 3. The number of benzene rings is 1. The Hall–Kier alpha value is -1.98. The molecule has 0 aromatic heterocycles. The number of carbonyl (C=O) groups is 2. The Morgan fingerprint density at radius 2 is 1.89 bits per heavy atom. The molecule has 2 amide bonds. The molecule has 18 heavy (non-hydrogen) atoms. The van der Waals surface area contributed by atoms with E-state index >= 15 is 0 Å². The highest BCUT2D eigenvalue weighted by molar-refractivity contribution is 6.01. The van der Waals surface area contributed by atoms with Crippen LogP contribution in [-0.4, -0.2) is 17.9 Å². The minimum Gasteiger partial charge on any atom is -0.369 e. The van der Waals surface area contributed by atoms with Crippen molar-refractivity contribution in [3.8, 4) is 0 Å². The maximum absolute atomic E-state index is 13.6. The van der Waals surface area contributed by atoms with Gasteiger partial charge in [0.05, 0.1) is 0 Å². The molecule has 1 unspecified atom stereocenters. The predicted octanol–water partition coefficient (Wildman–Crippen LogP) is 1.49. The van der Waals surface area contributed by atoms with Crippen molar-refractivity contribution in [1.82, 2.24) is 5.32 Å². The van der Waals surface area contributed by atoms with E-state index in [1.54, 1.807) is 6.92 Å². The molecule has 4 nitrogen and oxygen atoms in total. The number of imide groups is 1. The number of rotatable bonds is 2. The van der Waals surface area contributed by atoms with Gasteiger partial charge in [0, 0.05) is 6.42 Å². The van der Waals surface area contributed by atoms with Crippen LogP contribution in [0.2, 0.25) is 0 Å². The minimum absolute atomic E-state index is 0.151. The van der Waals surface area contributed by atoms with E-state index in [9.17, 15) is 18.4 Å². The van der Waals surface area contributed by atoms with Crippen molar-refractivity contribution in [2.24, 2.45) is 0 Å². The Morgan fingerprint density at radius 3 is 2.44 bits per heavy atom. The highest BCUT2D eigenvalue weighted by Crippen LogP contribution is 2.22. The van der Waals surface area contributed by atoms with E-state index in [0.29, 0.717) is 5.56 Å². The standard InChI is InChI=1S/C12H12F2N2O2/c1-6-4-7(13)11(8(14)5-6)15-9-2-3-10(17)16-12(9)18/h4-5,9,15H,2-3H2,1H3,(H,16,17,18). The van der Waals surface area contributed by atoms with Crippen molar-refractivity contribution in [1.29, 1.82) is 0 Å². The van der Waals surface area contributed by atoms with Crippen LogP contribution in [0.4, 0.5) is 14.5 Å². The summed E-state index contributed by atoms with van der Waals surface area (Å²) in [4.78, 5) is 22.4. The molecule has 1 aromatic carbocycles. The van der Waals surface area contributed by atoms with Crippen molar-refractivity contribution in [3.05, 3.63) is 29.3 Å². The third kappa shape index (κ3) is 2.47. The van der Waals surface area contributed by atoms with Crippen LogP contribution in [0.3, 0.4) is 0 Å². The molecule has 1 fully saturated rings. The van der Waals surface area contributed by atoms with Crippen LogP contribution in [0.1, 0.15) is 18.4 Å². The molecule has 2 N–H and O–H groups in total. The average Bonchev–Trinajstić information content (AvgIpc) is 2.25. The van der Waals surface area contributed by atoms with Crippen LogP contribution >= 0.6 is 0 Å². The fourth-order valence-corrected chi connectivity index (χ4v) is 1.84. The zero-order valence-electron chi connectivity index (χ0n) is 9.72. The fraction of sp³-hybridized carbons (Fsp3) is 0.333. The van der Waals surface area contributed by atoms with Gasteiger partial charge < -0.3 is 5.32 Å². The second-order valence-corrected chi connectivity index (χ2v) is 4.25. The van der Waals surface area contributed by atoms with Gasteiger partial charge in [0.25, 0.3) is 0 Å². The van der Waals surface area contributed by atoms with Crippen LogP contribution in [0.15, 0.2) is 12.1 Å². The van der Waals surface area contributed by atoms with Crippen LogP contribution < -0.4 is 10.6 Å². The monoisotopic (exact) mass is 254 g/mol. The maximum Gasteiger partial charge on any atom is 0.249 e. The fourth-order valence-electron chi connectivity index (χ4n) is 1.84. The molecule has 1 aromatic rings. The molecule has 1 heterocycles. The molecule has 6 heteroatoms. The van der Waals surface area contributed by atoms with E-state index in [0.717, 1.165) is 0 Å². The summed E-state index contributed by atoms with van der Waals surface area (Å²) >= 11 is 0. The average molecular weight is 254 g/mol. The van der Waals surface area contributed by atoms with Gasteiger partial charge in [-0.3, -0.25) is 14.9 Å². The van der Waals surface area contributed by atoms with Gasteiger partial charge in [-0.25, -0.2) is 8.78 Å². The number of anilines is 1. The van der Waals surface area contributed by atoms with Crippen LogP contribution in [0.25, 0.3) is 0 Å². The topological polar surface area (TPSA) is 58.2 Å². The van der Waals surface area contributed by atoms with E-state index in [1.807, 2.05) is 0 Å². The van der Waals surface area contributed by atoms with Gasteiger partial charge in [-0.05, 0) is 31.0 Å². The molecule has 0 bridgehead atoms. The number of carbonyl (C=O) groups excluding carboxylic acids is 2. The van der Waals surface area contributed by atoms with Gasteiger partial charge in [-0.1, -0.05) is 0 Å². The van der Waals surface area contributed by atoms with Gasteiger partial charge in [0.15, 0.2) is 0 Å². The van der Waals surface area contributed by atoms with E-state index in [1.165, 1.54) is 12.1 Å². The van der Waals surface area contributed by atoms with Gasteiger partial charge >= 0.3 is 0 Å². The molecule has 1 atom stereocenters. The molecule has 1 saturated heterocycles. The number of amides is 2. The normalized spacial score (nSPS) is 19.6. The first kappa shape index (κ1) is 12.5. The Labute approximate surface area is 102 Å². The van der Waals surface area contributed by atoms with E-state index in [2.05, 4.69) is 10.6 Å². The lowest BCUT2D eigenvalue weighted by molar-refractivity contribution is -0.133. The van der Waals surface area contributed by atoms with Crippen molar-refractivity contribution in [2.75, 3.05) is 5.32 Å². The first-order valence-electron chi connectivity index (χ1n) is 5.53. The molecule has 0 aliphatic carbocycles. The highest BCUT2D eigenvalue weighted by Gasteiger charge is 2.27. The smallest absolute Gasteiger partial charge is 0.249 e. The summed E-state index contributed by atoms with van der Waals surface area (Å²) in [6, 6.07) is 1.56. The molecule has 0 spiro atoms. The molecule has 96 valence electrons. The third-order valence-electron chi connectivity index (χ3n) is 2.74. The van der Waals surface area contributed by atoms with E-state index in [-0.39, 0.29) is 24.4 Å². The van der Waals surface area contributed by atoms with Gasteiger partial charge in [-0.15, -0.1) is 0 Å². The summed E-state index contributed by atoms with van der Waals surface area (Å²) in [6.45, 7) is 1.57. The predicted molar refractivity (Wildman–Crippen MR) is 60.9 cm³/mol. The zero-order valence-corrected chi connectivity index (χ0v) is 9.72. The van der Waals surface area contributed by atoms with Crippen LogP contribution in [-0.2, 0) is 9.59 Å². The SMILES string of the molecule is Cc1cc(F)c(NC2CCC(=O)NC2=O)c(F)c1. The van der Waals surface area contributed by atoms with Crippen molar-refractivity contribution >= 4 is 17.5 Å². The summed E-state index contributed by atoms with van der Waals surface area (Å²) in [5.41, 5.74) is 0.119. The van der Waals surface area contributed by atoms with Gasteiger partial charge in [-0.2, -0.15) is 0 Å². The lowest BCUT2D eigenvalue weighted by Gasteiger charge is -2.23. The molecule has 0 saturated carbocycles. The molecular weight excluding hydrogens is 242 g/mol. The molecule has 0 radical (unpaired) electrons. The molecule has 2 rings (SSSR count). The zero-order chi connectivity index (χ0) is 13.3. The Morgan fingerprint density at radius 1 is 1.28 bits per heavy atom. The quantitative estimate of drug-likeness (QED) is 0.786. The highest BCUT2D eigenvalue weighted by atomic mass is 19.1. The van der Waals surface area contributed by atoms with E-state index < -0.39 is 23.6 Å². The summed E-state index contributed by atoms with van der Waals surface area (Å²) in [7, 11) is 0. The Balaban J connectivity index is 2.19. The van der Waals surface area contributed by atoms with Crippen molar-refractivity contribution in [3.63, 3.8) is 0 Å². The van der Waals surface area contributed by atoms with E-state index in [4.69, 9.17) is 0 Å². The third-order valence-corrected chi connectivity index (χ3v) is 2.74. The first-order valence-corrected chi connectivity index (χ1v) is 5.53. The molecule has 1 aliphatic heterocycles. The number of nitrogens with one attached hydrogen (secondary N) is 2. The van der Waals surface area contributed by atoms with Crippen LogP contribution in [0.5, 0.6) is 0 Å². The second-order valence-electron chi connectivity index (χ2n) is 4.25. The number of hydrogen-bond donors (Lipinski definition) is 2. The van der Waals surface area contributed by atoms with Crippen molar-refractivity contribution in [2.45, 2.75) is 25.8 Å². The lowest BCUT2D eigenvalue weighted by Crippen LogP contribution is -2.47. The maximum atomic E-state index is 13.6. The first-order chi connectivity index (χ1) is 8.47. The van der Waals surface area contributed by atoms with Gasteiger partial charge in [0.1, 0.15) is 23.4 Å². The second kappa shape index (κ2) is 4.72. The Bertz CT molecular complexity index is 494. The minimum atomic E-state index is -0.797. The molecule has 1 aliphatic rings. The number of halogens is 2. The largest absolute Gasteiger partial charge is 0.369 e. The summed E-state index contributed by atoms with van der Waals surface area (Å²) < 4.78 is 27.1. The van der Waals surface area contributed by atoms with Gasteiger partial charge in [0.2, 0.25) is 11.8 Å². The number of piperidine rings is 1.